The maximum atomic E-state index is 12.1. The van der Waals surface area contributed by atoms with Crippen LogP contribution in [-0.4, -0.2) is 30.9 Å². The molecule has 1 amide bonds. The third-order valence-electron chi connectivity index (χ3n) is 3.55. The van der Waals surface area contributed by atoms with Gasteiger partial charge in [-0.25, -0.2) is 0 Å². The molecule has 0 rings (SSSR count). The number of hydrogen-bond donors (Lipinski definition) is 1. The molecular weight excluding hydrogens is 248 g/mol. The largest absolute Gasteiger partial charge is 0.345 e. The lowest BCUT2D eigenvalue weighted by Gasteiger charge is -2.30. The molecule has 0 spiro atoms. The fraction of sp³-hybridized carbons (Fsp3) is 0.929. The molecule has 0 radical (unpaired) electrons. The van der Waals surface area contributed by atoms with Gasteiger partial charge in [0.05, 0.1) is 0 Å². The van der Waals surface area contributed by atoms with Crippen LogP contribution in [0, 0.1) is 17.3 Å². The molecule has 0 aliphatic carbocycles. The molecule has 3 nitrogen and oxygen atoms in total. The molecule has 18 heavy (non-hydrogen) atoms. The third-order valence-corrected chi connectivity index (χ3v) is 3.55. The van der Waals surface area contributed by atoms with E-state index < -0.39 is 0 Å². The van der Waals surface area contributed by atoms with Crippen LogP contribution < -0.4 is 5.73 Å². The van der Waals surface area contributed by atoms with E-state index in [2.05, 4.69) is 34.6 Å². The molecule has 0 aromatic carbocycles. The average Bonchev–Trinajstić information content (AvgIpc) is 2.24. The second kappa shape index (κ2) is 8.76. The van der Waals surface area contributed by atoms with Crippen molar-refractivity contribution in [2.75, 3.05) is 20.1 Å². The molecule has 1 unspecified atom stereocenters. The Morgan fingerprint density at radius 1 is 1.33 bits per heavy atom. The van der Waals surface area contributed by atoms with E-state index >= 15 is 0 Å². The molecule has 110 valence electrons. The Balaban J connectivity index is 0. The molecule has 0 saturated carbocycles. The highest BCUT2D eigenvalue weighted by Crippen LogP contribution is 2.21. The van der Waals surface area contributed by atoms with Gasteiger partial charge in [-0.1, -0.05) is 41.0 Å². The van der Waals surface area contributed by atoms with Crippen molar-refractivity contribution < 1.29 is 4.79 Å². The minimum atomic E-state index is 0. The molecule has 4 heteroatoms. The highest BCUT2D eigenvalue weighted by atomic mass is 35.5. The van der Waals surface area contributed by atoms with E-state index in [1.165, 1.54) is 0 Å². The summed E-state index contributed by atoms with van der Waals surface area (Å²) in [7, 11) is 1.88. The Labute approximate surface area is 119 Å². The molecule has 0 aromatic rings. The van der Waals surface area contributed by atoms with Crippen molar-refractivity contribution in [3.05, 3.63) is 0 Å². The van der Waals surface area contributed by atoms with Crippen LogP contribution in [0.5, 0.6) is 0 Å². The number of rotatable bonds is 7. The van der Waals surface area contributed by atoms with Crippen molar-refractivity contribution in [3.63, 3.8) is 0 Å². The van der Waals surface area contributed by atoms with Crippen LogP contribution in [0.3, 0.4) is 0 Å². The smallest absolute Gasteiger partial charge is 0.222 e. The summed E-state index contributed by atoms with van der Waals surface area (Å²) < 4.78 is 0. The lowest BCUT2D eigenvalue weighted by molar-refractivity contribution is -0.132. The van der Waals surface area contributed by atoms with E-state index in [0.717, 1.165) is 13.0 Å². The molecule has 0 saturated heterocycles. The quantitative estimate of drug-likeness (QED) is 0.778. The zero-order valence-electron chi connectivity index (χ0n) is 12.8. The monoisotopic (exact) mass is 278 g/mol. The van der Waals surface area contributed by atoms with Gasteiger partial charge in [0.2, 0.25) is 5.91 Å². The first kappa shape index (κ1) is 20.0. The average molecular weight is 279 g/mol. The first-order valence-electron chi connectivity index (χ1n) is 6.67. The molecule has 0 heterocycles. The van der Waals surface area contributed by atoms with Crippen LogP contribution in [0.2, 0.25) is 0 Å². The van der Waals surface area contributed by atoms with E-state index in [0.29, 0.717) is 24.8 Å². The van der Waals surface area contributed by atoms with E-state index in [9.17, 15) is 4.79 Å². The minimum absolute atomic E-state index is 0. The first-order chi connectivity index (χ1) is 7.73. The number of nitrogens with zero attached hydrogens (tertiary/aromatic N) is 1. The fourth-order valence-electron chi connectivity index (χ4n) is 2.03. The van der Waals surface area contributed by atoms with Gasteiger partial charge < -0.3 is 10.6 Å². The van der Waals surface area contributed by atoms with Crippen molar-refractivity contribution in [1.82, 2.24) is 4.90 Å². The summed E-state index contributed by atoms with van der Waals surface area (Å²) in [5, 5.41) is 0. The summed E-state index contributed by atoms with van der Waals surface area (Å²) in [6, 6.07) is 0. The van der Waals surface area contributed by atoms with Crippen molar-refractivity contribution in [2.45, 2.75) is 47.5 Å². The van der Waals surface area contributed by atoms with Crippen LogP contribution >= 0.6 is 12.4 Å². The summed E-state index contributed by atoms with van der Waals surface area (Å²) in [5.41, 5.74) is 5.70. The van der Waals surface area contributed by atoms with Crippen LogP contribution in [0.4, 0.5) is 0 Å². The normalized spacial score (nSPS) is 13.1. The number of nitrogens with two attached hydrogens (primary N) is 1. The SMILES string of the molecule is CCC(CC(=O)N(C)CC(C)(C)CN)C(C)C.Cl. The van der Waals surface area contributed by atoms with Crippen LogP contribution in [0.1, 0.15) is 47.5 Å². The highest BCUT2D eigenvalue weighted by Gasteiger charge is 2.23. The van der Waals surface area contributed by atoms with Gasteiger partial charge in [0, 0.05) is 20.0 Å². The van der Waals surface area contributed by atoms with E-state index in [-0.39, 0.29) is 23.7 Å². The van der Waals surface area contributed by atoms with Crippen molar-refractivity contribution in [1.29, 1.82) is 0 Å². The zero-order valence-corrected chi connectivity index (χ0v) is 13.6. The number of amides is 1. The molecule has 0 bridgehead atoms. The predicted molar refractivity (Wildman–Crippen MR) is 81.0 cm³/mol. The Hall–Kier alpha value is -0.280. The van der Waals surface area contributed by atoms with E-state index in [4.69, 9.17) is 5.73 Å². The number of halogens is 1. The number of carbonyl (C=O) groups is 1. The first-order valence-corrected chi connectivity index (χ1v) is 6.67. The molecule has 0 aliphatic rings. The van der Waals surface area contributed by atoms with Gasteiger partial charge in [0.15, 0.2) is 0 Å². The third kappa shape index (κ3) is 7.22. The minimum Gasteiger partial charge on any atom is -0.345 e. The highest BCUT2D eigenvalue weighted by molar-refractivity contribution is 5.85. The summed E-state index contributed by atoms with van der Waals surface area (Å²) in [6.07, 6.45) is 1.73. The predicted octanol–water partition coefficient (Wildman–Crippen LogP) is 2.92. The Morgan fingerprint density at radius 3 is 2.17 bits per heavy atom. The van der Waals surface area contributed by atoms with Gasteiger partial charge in [-0.3, -0.25) is 4.79 Å². The second-order valence-electron chi connectivity index (χ2n) is 6.23. The van der Waals surface area contributed by atoms with Gasteiger partial charge in [0.25, 0.3) is 0 Å². The van der Waals surface area contributed by atoms with Gasteiger partial charge in [0.1, 0.15) is 0 Å². The van der Waals surface area contributed by atoms with Crippen LogP contribution in [0.25, 0.3) is 0 Å². The van der Waals surface area contributed by atoms with Crippen molar-refractivity contribution >= 4 is 18.3 Å². The Morgan fingerprint density at radius 2 is 1.83 bits per heavy atom. The van der Waals surface area contributed by atoms with Gasteiger partial charge in [-0.15, -0.1) is 12.4 Å². The Bertz CT molecular complexity index is 242. The standard InChI is InChI=1S/C14H30N2O.ClH/c1-7-12(11(2)3)8-13(17)16(6)10-14(4,5)9-15;/h11-12H,7-10,15H2,1-6H3;1H. The topological polar surface area (TPSA) is 46.3 Å². The maximum Gasteiger partial charge on any atom is 0.222 e. The summed E-state index contributed by atoms with van der Waals surface area (Å²) >= 11 is 0. The summed E-state index contributed by atoms with van der Waals surface area (Å²) in [4.78, 5) is 13.9. The Kier molecular flexibility index (Phi) is 9.75. The molecule has 0 aliphatic heterocycles. The van der Waals surface area contributed by atoms with Gasteiger partial charge in [-0.2, -0.15) is 0 Å². The summed E-state index contributed by atoms with van der Waals surface area (Å²) in [6.45, 7) is 12.0. The van der Waals surface area contributed by atoms with Gasteiger partial charge in [-0.05, 0) is 23.8 Å². The van der Waals surface area contributed by atoms with Gasteiger partial charge >= 0.3 is 0 Å². The lowest BCUT2D eigenvalue weighted by atomic mass is 9.89. The number of hydrogen-bond acceptors (Lipinski definition) is 2. The maximum absolute atomic E-state index is 12.1. The van der Waals surface area contributed by atoms with E-state index in [1.807, 2.05) is 11.9 Å². The summed E-state index contributed by atoms with van der Waals surface area (Å²) in [5.74, 6) is 1.30. The number of carbonyl (C=O) groups excluding carboxylic acids is 1. The van der Waals surface area contributed by atoms with Crippen LogP contribution in [-0.2, 0) is 4.79 Å². The molecular formula is C14H31ClN2O. The van der Waals surface area contributed by atoms with Crippen LogP contribution in [0.15, 0.2) is 0 Å². The van der Waals surface area contributed by atoms with E-state index in [1.54, 1.807) is 0 Å². The molecule has 0 aromatic heterocycles. The zero-order chi connectivity index (χ0) is 13.6. The second-order valence-corrected chi connectivity index (χ2v) is 6.23. The van der Waals surface area contributed by atoms with Crippen molar-refractivity contribution in [2.24, 2.45) is 23.0 Å². The fourth-order valence-corrected chi connectivity index (χ4v) is 2.03. The molecule has 0 fully saturated rings. The molecule has 2 N–H and O–H groups in total. The molecule has 1 atom stereocenters. The van der Waals surface area contributed by atoms with Crippen molar-refractivity contribution in [3.8, 4) is 0 Å². The lowest BCUT2D eigenvalue weighted by Crippen LogP contribution is -2.40.